The average Bonchev–Trinajstić information content (AvgIpc) is 2.62. The van der Waals surface area contributed by atoms with Gasteiger partial charge in [-0.15, -0.1) is 0 Å². The maximum atomic E-state index is 12.5. The molecule has 2 aromatic carbocycles. The molecule has 0 unspecified atom stereocenters. The number of primary sulfonamides is 1. The number of rotatable bonds is 5. The highest BCUT2D eigenvalue weighted by molar-refractivity contribution is 7.89. The second kappa shape index (κ2) is 7.70. The zero-order valence-electron chi connectivity index (χ0n) is 13.7. The number of sulfonamides is 1. The van der Waals surface area contributed by atoms with Gasteiger partial charge in [-0.2, -0.15) is 0 Å². The van der Waals surface area contributed by atoms with E-state index >= 15 is 0 Å². The average molecular weight is 405 g/mol. The topological polar surface area (TPSA) is 124 Å². The van der Waals surface area contributed by atoms with Gasteiger partial charge < -0.3 is 10.1 Å². The van der Waals surface area contributed by atoms with Crippen LogP contribution in [0.25, 0.3) is 0 Å². The third-order valence-corrected chi connectivity index (χ3v) is 4.61. The number of hydrogen-bond donors (Lipinski definition) is 2. The molecule has 1 amide bonds. The Kier molecular flexibility index (Phi) is 5.36. The Bertz CT molecular complexity index is 1090. The van der Waals surface area contributed by atoms with Crippen LogP contribution in [0, 0.1) is 0 Å². The highest BCUT2D eigenvalue weighted by Gasteiger charge is 2.16. The van der Waals surface area contributed by atoms with Crippen molar-refractivity contribution in [3.8, 4) is 11.6 Å². The van der Waals surface area contributed by atoms with Crippen molar-refractivity contribution in [2.24, 2.45) is 5.14 Å². The van der Waals surface area contributed by atoms with E-state index in [4.69, 9.17) is 21.5 Å². The van der Waals surface area contributed by atoms with Crippen LogP contribution in [0.15, 0.2) is 66.0 Å². The predicted molar refractivity (Wildman–Crippen MR) is 99.3 cm³/mol. The van der Waals surface area contributed by atoms with Gasteiger partial charge in [0.2, 0.25) is 15.9 Å². The smallest absolute Gasteiger partial charge is 0.257 e. The largest absolute Gasteiger partial charge is 0.437 e. The number of benzene rings is 2. The Hall–Kier alpha value is -3.01. The van der Waals surface area contributed by atoms with E-state index in [1.165, 1.54) is 30.7 Å². The van der Waals surface area contributed by atoms with Gasteiger partial charge in [0.1, 0.15) is 5.75 Å². The summed E-state index contributed by atoms with van der Waals surface area (Å²) in [5.41, 5.74) is 0.391. The van der Waals surface area contributed by atoms with E-state index in [0.717, 1.165) is 6.07 Å². The fraction of sp³-hybridized carbons (Fsp3) is 0. The number of aromatic nitrogens is 2. The van der Waals surface area contributed by atoms with E-state index in [1.807, 2.05) is 0 Å². The van der Waals surface area contributed by atoms with Gasteiger partial charge in [-0.1, -0.05) is 17.7 Å². The van der Waals surface area contributed by atoms with Gasteiger partial charge in [-0.25, -0.2) is 18.5 Å². The summed E-state index contributed by atoms with van der Waals surface area (Å²) < 4.78 is 28.5. The van der Waals surface area contributed by atoms with E-state index in [2.05, 4.69) is 15.3 Å². The molecule has 0 aliphatic heterocycles. The molecule has 0 radical (unpaired) electrons. The van der Waals surface area contributed by atoms with E-state index in [-0.39, 0.29) is 15.5 Å². The SMILES string of the molecule is NS(=O)(=O)c1ccc(Cl)c(C(=O)Nc2cccc(Oc3cnccn3)c2)c1. The van der Waals surface area contributed by atoms with Crippen LogP contribution in [-0.2, 0) is 10.0 Å². The summed E-state index contributed by atoms with van der Waals surface area (Å²) in [6, 6.07) is 10.2. The molecule has 0 bridgehead atoms. The lowest BCUT2D eigenvalue weighted by atomic mass is 10.2. The molecule has 10 heteroatoms. The molecule has 0 atom stereocenters. The van der Waals surface area contributed by atoms with E-state index < -0.39 is 15.9 Å². The number of nitrogens with one attached hydrogen (secondary N) is 1. The normalized spacial score (nSPS) is 11.0. The lowest BCUT2D eigenvalue weighted by Gasteiger charge is -2.10. The van der Waals surface area contributed by atoms with Crippen LogP contribution >= 0.6 is 11.6 Å². The number of carbonyl (C=O) groups is 1. The van der Waals surface area contributed by atoms with Crippen molar-refractivity contribution in [2.75, 3.05) is 5.32 Å². The molecule has 3 N–H and O–H groups in total. The van der Waals surface area contributed by atoms with Gasteiger partial charge in [-0.3, -0.25) is 9.78 Å². The molecule has 138 valence electrons. The van der Waals surface area contributed by atoms with E-state index in [1.54, 1.807) is 24.3 Å². The molecule has 3 aromatic rings. The maximum absolute atomic E-state index is 12.5. The van der Waals surface area contributed by atoms with Crippen LogP contribution in [0.4, 0.5) is 5.69 Å². The third-order valence-electron chi connectivity index (χ3n) is 3.36. The number of nitrogens with zero attached hydrogens (tertiary/aromatic N) is 2. The molecule has 1 aromatic heterocycles. The van der Waals surface area contributed by atoms with Crippen LogP contribution in [0.3, 0.4) is 0 Å². The number of halogens is 1. The first-order valence-electron chi connectivity index (χ1n) is 7.50. The molecule has 8 nitrogen and oxygen atoms in total. The standard InChI is InChI=1S/C17H13ClN4O4S/c18-15-5-4-13(27(19,24)25)9-14(15)17(23)22-11-2-1-3-12(8-11)26-16-10-20-6-7-21-16/h1-10H,(H,22,23)(H2,19,24,25). The minimum atomic E-state index is -3.96. The fourth-order valence-corrected chi connectivity index (χ4v) is 2.89. The summed E-state index contributed by atoms with van der Waals surface area (Å²) >= 11 is 6.01. The molecule has 27 heavy (non-hydrogen) atoms. The summed E-state index contributed by atoms with van der Waals surface area (Å²) in [7, 11) is -3.96. The van der Waals surface area contributed by atoms with Crippen molar-refractivity contribution < 1.29 is 17.9 Å². The molecular formula is C17H13ClN4O4S. The first kappa shape index (κ1) is 18.8. The second-order valence-corrected chi connectivity index (χ2v) is 7.28. The molecule has 0 aliphatic carbocycles. The molecule has 0 saturated heterocycles. The first-order chi connectivity index (χ1) is 12.8. The fourth-order valence-electron chi connectivity index (χ4n) is 2.15. The van der Waals surface area contributed by atoms with E-state index in [9.17, 15) is 13.2 Å². The second-order valence-electron chi connectivity index (χ2n) is 5.31. The zero-order chi connectivity index (χ0) is 19.4. The highest BCUT2D eigenvalue weighted by Crippen LogP contribution is 2.24. The zero-order valence-corrected chi connectivity index (χ0v) is 15.2. The van der Waals surface area contributed by atoms with Crippen molar-refractivity contribution >= 4 is 33.2 Å². The Morgan fingerprint density at radius 1 is 1.15 bits per heavy atom. The minimum Gasteiger partial charge on any atom is -0.437 e. The van der Waals surface area contributed by atoms with Gasteiger partial charge >= 0.3 is 0 Å². The van der Waals surface area contributed by atoms with Gasteiger partial charge in [0, 0.05) is 24.1 Å². The van der Waals surface area contributed by atoms with Crippen LogP contribution in [0.5, 0.6) is 11.6 Å². The summed E-state index contributed by atoms with van der Waals surface area (Å²) in [6.45, 7) is 0. The lowest BCUT2D eigenvalue weighted by Crippen LogP contribution is -2.16. The van der Waals surface area contributed by atoms with E-state index in [0.29, 0.717) is 17.3 Å². The van der Waals surface area contributed by atoms with Crippen LogP contribution in [0.1, 0.15) is 10.4 Å². The number of ether oxygens (including phenoxy) is 1. The first-order valence-corrected chi connectivity index (χ1v) is 9.43. The molecule has 0 fully saturated rings. The Morgan fingerprint density at radius 3 is 2.67 bits per heavy atom. The van der Waals surface area contributed by atoms with Gasteiger partial charge in [0.15, 0.2) is 0 Å². The van der Waals surface area contributed by atoms with Crippen molar-refractivity contribution in [3.05, 3.63) is 71.6 Å². The summed E-state index contributed by atoms with van der Waals surface area (Å²) in [6.07, 6.45) is 4.45. The van der Waals surface area contributed by atoms with Crippen molar-refractivity contribution in [3.63, 3.8) is 0 Å². The van der Waals surface area contributed by atoms with Gasteiger partial charge in [0.25, 0.3) is 5.91 Å². The Labute approximate surface area is 160 Å². The number of anilines is 1. The van der Waals surface area contributed by atoms with Crippen LogP contribution in [-0.4, -0.2) is 24.3 Å². The Morgan fingerprint density at radius 2 is 1.96 bits per heavy atom. The van der Waals surface area contributed by atoms with Crippen molar-refractivity contribution in [1.29, 1.82) is 0 Å². The monoisotopic (exact) mass is 404 g/mol. The summed E-state index contributed by atoms with van der Waals surface area (Å²) in [4.78, 5) is 20.2. The lowest BCUT2D eigenvalue weighted by molar-refractivity contribution is 0.102. The van der Waals surface area contributed by atoms with Crippen LogP contribution < -0.4 is 15.2 Å². The van der Waals surface area contributed by atoms with Crippen molar-refractivity contribution in [1.82, 2.24) is 9.97 Å². The quantitative estimate of drug-likeness (QED) is 0.673. The third kappa shape index (κ3) is 4.79. The molecule has 3 rings (SSSR count). The summed E-state index contributed by atoms with van der Waals surface area (Å²) in [5, 5.41) is 7.81. The minimum absolute atomic E-state index is 0.0246. The van der Waals surface area contributed by atoms with Crippen LogP contribution in [0.2, 0.25) is 5.02 Å². The number of amides is 1. The molecule has 0 aliphatic rings. The number of nitrogens with two attached hydrogens (primary N) is 1. The van der Waals surface area contributed by atoms with Crippen molar-refractivity contribution in [2.45, 2.75) is 4.90 Å². The molecular weight excluding hydrogens is 392 g/mol. The molecule has 1 heterocycles. The summed E-state index contributed by atoms with van der Waals surface area (Å²) in [5.74, 6) is 0.129. The maximum Gasteiger partial charge on any atom is 0.257 e. The Balaban J connectivity index is 1.81. The number of hydrogen-bond acceptors (Lipinski definition) is 6. The molecule has 0 saturated carbocycles. The number of carbonyl (C=O) groups excluding carboxylic acids is 1. The molecule has 0 spiro atoms. The highest BCUT2D eigenvalue weighted by atomic mass is 35.5. The predicted octanol–water partition coefficient (Wildman–Crippen LogP) is 2.82. The van der Waals surface area contributed by atoms with Gasteiger partial charge in [0.05, 0.1) is 21.7 Å². The van der Waals surface area contributed by atoms with Gasteiger partial charge in [-0.05, 0) is 30.3 Å².